The Balaban J connectivity index is 2.55. The van der Waals surface area contributed by atoms with Crippen LogP contribution in [0.2, 0.25) is 0 Å². The summed E-state index contributed by atoms with van der Waals surface area (Å²) in [5.41, 5.74) is 6.45. The van der Waals surface area contributed by atoms with Crippen molar-refractivity contribution in [3.63, 3.8) is 0 Å². The van der Waals surface area contributed by atoms with Crippen molar-refractivity contribution < 1.29 is 4.79 Å². The maximum atomic E-state index is 11.6. The normalized spacial score (nSPS) is 12.9. The van der Waals surface area contributed by atoms with Gasteiger partial charge in [-0.05, 0) is 24.6 Å². The van der Waals surface area contributed by atoms with E-state index >= 15 is 0 Å². The van der Waals surface area contributed by atoms with Gasteiger partial charge >= 0.3 is 0 Å². The lowest BCUT2D eigenvalue weighted by Crippen LogP contribution is -2.13. The molecule has 0 aromatic heterocycles. The Bertz CT molecular complexity index is 330. The number of ketones is 1. The summed E-state index contributed by atoms with van der Waals surface area (Å²) < 4.78 is 0. The van der Waals surface area contributed by atoms with E-state index in [1.54, 1.807) is 6.08 Å². The molecule has 2 nitrogen and oxygen atoms in total. The van der Waals surface area contributed by atoms with Gasteiger partial charge in [0.2, 0.25) is 0 Å². The Labute approximate surface area is 90.8 Å². The topological polar surface area (TPSA) is 43.1 Å². The van der Waals surface area contributed by atoms with Gasteiger partial charge < -0.3 is 5.73 Å². The van der Waals surface area contributed by atoms with Crippen molar-refractivity contribution in [2.75, 3.05) is 6.54 Å². The summed E-state index contributed by atoms with van der Waals surface area (Å²) in [7, 11) is 0. The van der Waals surface area contributed by atoms with Crippen molar-refractivity contribution in [1.29, 1.82) is 0 Å². The summed E-state index contributed by atoms with van der Waals surface area (Å²) >= 11 is 0. The van der Waals surface area contributed by atoms with Crippen LogP contribution in [0.25, 0.3) is 6.08 Å². The van der Waals surface area contributed by atoms with Crippen molar-refractivity contribution in [2.24, 2.45) is 11.7 Å². The molecule has 0 saturated carbocycles. The summed E-state index contributed by atoms with van der Waals surface area (Å²) in [6.07, 6.45) is 4.23. The third-order valence-electron chi connectivity index (χ3n) is 2.33. The molecule has 0 fully saturated rings. The molecule has 15 heavy (non-hydrogen) atoms. The van der Waals surface area contributed by atoms with Crippen LogP contribution in [0.15, 0.2) is 36.4 Å². The number of carbonyl (C=O) groups is 1. The third kappa shape index (κ3) is 4.09. The molecule has 0 aliphatic rings. The zero-order chi connectivity index (χ0) is 11.1. The van der Waals surface area contributed by atoms with E-state index in [1.165, 1.54) is 0 Å². The SMILES string of the molecule is CC(CCN)C(=O)C=Cc1ccccc1. The van der Waals surface area contributed by atoms with Crippen molar-refractivity contribution in [3.8, 4) is 0 Å². The van der Waals surface area contributed by atoms with Gasteiger partial charge in [0.05, 0.1) is 0 Å². The van der Waals surface area contributed by atoms with Crippen LogP contribution < -0.4 is 5.73 Å². The number of carbonyl (C=O) groups excluding carboxylic acids is 1. The third-order valence-corrected chi connectivity index (χ3v) is 2.33. The molecule has 2 N–H and O–H groups in total. The standard InChI is InChI=1S/C13H17NO/c1-11(9-10-14)13(15)8-7-12-5-3-2-4-6-12/h2-8,11H,9-10,14H2,1H3. The molecule has 1 aromatic carbocycles. The molecule has 1 aromatic rings. The van der Waals surface area contributed by atoms with Crippen LogP contribution in [0.3, 0.4) is 0 Å². The van der Waals surface area contributed by atoms with Crippen molar-refractivity contribution in [2.45, 2.75) is 13.3 Å². The molecule has 1 atom stereocenters. The van der Waals surface area contributed by atoms with Gasteiger partial charge in [0.15, 0.2) is 5.78 Å². The highest BCUT2D eigenvalue weighted by Gasteiger charge is 2.07. The van der Waals surface area contributed by atoms with Gasteiger partial charge in [-0.2, -0.15) is 0 Å². The average Bonchev–Trinajstić information content (AvgIpc) is 2.27. The zero-order valence-corrected chi connectivity index (χ0v) is 9.02. The summed E-state index contributed by atoms with van der Waals surface area (Å²) in [6, 6.07) is 9.80. The van der Waals surface area contributed by atoms with Crippen LogP contribution in [-0.4, -0.2) is 12.3 Å². The fourth-order valence-corrected chi connectivity index (χ4v) is 1.30. The van der Waals surface area contributed by atoms with Gasteiger partial charge in [-0.1, -0.05) is 43.3 Å². The Kier molecular flexibility index (Phi) is 4.78. The van der Waals surface area contributed by atoms with Gasteiger partial charge in [0, 0.05) is 5.92 Å². The Morgan fingerprint density at radius 1 is 1.40 bits per heavy atom. The highest BCUT2D eigenvalue weighted by atomic mass is 16.1. The first kappa shape index (κ1) is 11.7. The number of hydrogen-bond acceptors (Lipinski definition) is 2. The summed E-state index contributed by atoms with van der Waals surface area (Å²) in [6.45, 7) is 2.47. The second-order valence-corrected chi connectivity index (χ2v) is 3.62. The van der Waals surface area contributed by atoms with E-state index < -0.39 is 0 Å². The smallest absolute Gasteiger partial charge is 0.158 e. The first-order valence-electron chi connectivity index (χ1n) is 5.21. The molecule has 1 unspecified atom stereocenters. The van der Waals surface area contributed by atoms with Crippen LogP contribution in [0.4, 0.5) is 0 Å². The molecule has 0 spiro atoms. The van der Waals surface area contributed by atoms with E-state index in [0.29, 0.717) is 6.54 Å². The second-order valence-electron chi connectivity index (χ2n) is 3.62. The van der Waals surface area contributed by atoms with Crippen LogP contribution >= 0.6 is 0 Å². The number of nitrogens with two attached hydrogens (primary N) is 1. The lowest BCUT2D eigenvalue weighted by molar-refractivity contribution is -0.117. The fraction of sp³-hybridized carbons (Fsp3) is 0.308. The predicted molar refractivity (Wildman–Crippen MR) is 63.3 cm³/mol. The molecule has 2 heteroatoms. The lowest BCUT2D eigenvalue weighted by atomic mass is 10.0. The minimum absolute atomic E-state index is 0.0231. The Hall–Kier alpha value is -1.41. The molecule has 0 radical (unpaired) electrons. The van der Waals surface area contributed by atoms with E-state index in [4.69, 9.17) is 5.73 Å². The molecule has 0 aliphatic carbocycles. The summed E-state index contributed by atoms with van der Waals surface area (Å²) in [5.74, 6) is 0.166. The number of benzene rings is 1. The zero-order valence-electron chi connectivity index (χ0n) is 9.02. The van der Waals surface area contributed by atoms with Crippen molar-refractivity contribution in [3.05, 3.63) is 42.0 Å². The maximum absolute atomic E-state index is 11.6. The molecule has 1 rings (SSSR count). The molecule has 0 amide bonds. The first-order chi connectivity index (χ1) is 7.24. The van der Waals surface area contributed by atoms with E-state index in [9.17, 15) is 4.79 Å². The van der Waals surface area contributed by atoms with Crippen molar-refractivity contribution in [1.82, 2.24) is 0 Å². The van der Waals surface area contributed by atoms with E-state index in [0.717, 1.165) is 12.0 Å². The van der Waals surface area contributed by atoms with Crippen molar-refractivity contribution >= 4 is 11.9 Å². The molecule has 0 bridgehead atoms. The van der Waals surface area contributed by atoms with Gasteiger partial charge in [-0.25, -0.2) is 0 Å². The van der Waals surface area contributed by atoms with E-state index in [2.05, 4.69) is 0 Å². The minimum atomic E-state index is 0.0231. The van der Waals surface area contributed by atoms with Crippen LogP contribution in [0.5, 0.6) is 0 Å². The monoisotopic (exact) mass is 203 g/mol. The summed E-state index contributed by atoms with van der Waals surface area (Å²) in [4.78, 5) is 11.6. The predicted octanol–water partition coefficient (Wildman–Crippen LogP) is 2.25. The highest BCUT2D eigenvalue weighted by Crippen LogP contribution is 2.06. The molecular formula is C13H17NO. The maximum Gasteiger partial charge on any atom is 0.158 e. The van der Waals surface area contributed by atoms with Gasteiger partial charge in [0.25, 0.3) is 0 Å². The highest BCUT2D eigenvalue weighted by molar-refractivity contribution is 5.95. The van der Waals surface area contributed by atoms with Crippen LogP contribution in [-0.2, 0) is 4.79 Å². The number of hydrogen-bond donors (Lipinski definition) is 1. The molecule has 80 valence electrons. The average molecular weight is 203 g/mol. The quantitative estimate of drug-likeness (QED) is 0.746. The van der Waals surface area contributed by atoms with E-state index in [1.807, 2.05) is 43.3 Å². The Morgan fingerprint density at radius 2 is 2.07 bits per heavy atom. The van der Waals surface area contributed by atoms with Gasteiger partial charge in [-0.15, -0.1) is 0 Å². The van der Waals surface area contributed by atoms with E-state index in [-0.39, 0.29) is 11.7 Å². The minimum Gasteiger partial charge on any atom is -0.330 e. The Morgan fingerprint density at radius 3 is 2.67 bits per heavy atom. The largest absolute Gasteiger partial charge is 0.330 e. The van der Waals surface area contributed by atoms with Crippen LogP contribution in [0.1, 0.15) is 18.9 Å². The second kappa shape index (κ2) is 6.14. The molecule has 0 heterocycles. The summed E-state index contributed by atoms with van der Waals surface area (Å²) in [5, 5.41) is 0. The van der Waals surface area contributed by atoms with Crippen LogP contribution in [0, 0.1) is 5.92 Å². The first-order valence-corrected chi connectivity index (χ1v) is 5.21. The van der Waals surface area contributed by atoms with Gasteiger partial charge in [0.1, 0.15) is 0 Å². The number of rotatable bonds is 5. The van der Waals surface area contributed by atoms with Gasteiger partial charge in [-0.3, -0.25) is 4.79 Å². The fourth-order valence-electron chi connectivity index (χ4n) is 1.30. The lowest BCUT2D eigenvalue weighted by Gasteiger charge is -2.04. The molecular weight excluding hydrogens is 186 g/mol. The molecule has 0 aliphatic heterocycles. The molecule has 0 saturated heterocycles. The number of allylic oxidation sites excluding steroid dienone is 1.